The number of hydrogen-bond acceptors (Lipinski definition) is 1. The van der Waals surface area contributed by atoms with Crippen LogP contribution in [0.15, 0.2) is 36.4 Å². The largest absolute Gasteiger partial charge is 0.313 e. The quantitative estimate of drug-likeness (QED) is 0.642. The van der Waals surface area contributed by atoms with Crippen LogP contribution in [0.5, 0.6) is 0 Å². The van der Waals surface area contributed by atoms with Crippen molar-refractivity contribution in [3.05, 3.63) is 47.0 Å². The topological polar surface area (TPSA) is 12.0 Å². The molecule has 2 aromatic rings. The van der Waals surface area contributed by atoms with Crippen LogP contribution in [0.3, 0.4) is 0 Å². The fraction of sp³-hybridized carbons (Fsp3) is 0.444. The van der Waals surface area contributed by atoms with Gasteiger partial charge >= 0.3 is 0 Å². The van der Waals surface area contributed by atoms with Gasteiger partial charge in [-0.2, -0.15) is 0 Å². The standard InChI is InChI=1S/C18H24ClN/c1-3-4-5-6-11-18(20-2)16-12-13-17(19)15-10-8-7-9-14(15)16/h7-10,12-13,18,20H,3-6,11H2,1-2H3. The fourth-order valence-electron chi connectivity index (χ4n) is 2.82. The van der Waals surface area contributed by atoms with E-state index < -0.39 is 0 Å². The molecule has 1 unspecified atom stereocenters. The van der Waals surface area contributed by atoms with Crippen molar-refractivity contribution in [3.8, 4) is 0 Å². The maximum absolute atomic E-state index is 6.30. The Morgan fingerprint density at radius 3 is 2.45 bits per heavy atom. The van der Waals surface area contributed by atoms with E-state index in [2.05, 4.69) is 36.5 Å². The van der Waals surface area contributed by atoms with Crippen molar-refractivity contribution in [1.82, 2.24) is 5.32 Å². The maximum Gasteiger partial charge on any atom is 0.0484 e. The smallest absolute Gasteiger partial charge is 0.0484 e. The van der Waals surface area contributed by atoms with Crippen LogP contribution in [-0.2, 0) is 0 Å². The first-order valence-corrected chi connectivity index (χ1v) is 8.00. The third-order valence-corrected chi connectivity index (χ3v) is 4.30. The average molecular weight is 290 g/mol. The van der Waals surface area contributed by atoms with Gasteiger partial charge in [0.05, 0.1) is 0 Å². The van der Waals surface area contributed by atoms with Gasteiger partial charge < -0.3 is 5.32 Å². The minimum Gasteiger partial charge on any atom is -0.313 e. The first kappa shape index (κ1) is 15.3. The van der Waals surface area contributed by atoms with Crippen molar-refractivity contribution in [2.45, 2.75) is 45.1 Å². The monoisotopic (exact) mass is 289 g/mol. The van der Waals surface area contributed by atoms with E-state index in [0.29, 0.717) is 6.04 Å². The second-order valence-corrected chi connectivity index (χ2v) is 5.78. The Labute approximate surface area is 127 Å². The van der Waals surface area contributed by atoms with Gasteiger partial charge in [0.25, 0.3) is 0 Å². The Morgan fingerprint density at radius 2 is 1.75 bits per heavy atom. The molecular formula is C18H24ClN. The summed E-state index contributed by atoms with van der Waals surface area (Å²) in [7, 11) is 2.05. The summed E-state index contributed by atoms with van der Waals surface area (Å²) in [5, 5.41) is 6.73. The summed E-state index contributed by atoms with van der Waals surface area (Å²) in [6.07, 6.45) is 6.39. The lowest BCUT2D eigenvalue weighted by Gasteiger charge is -2.19. The number of rotatable bonds is 7. The van der Waals surface area contributed by atoms with E-state index in [1.807, 2.05) is 19.2 Å². The van der Waals surface area contributed by atoms with Crippen molar-refractivity contribution in [2.24, 2.45) is 0 Å². The lowest BCUT2D eigenvalue weighted by atomic mass is 9.95. The van der Waals surface area contributed by atoms with Gasteiger partial charge in [-0.1, -0.05) is 74.5 Å². The molecule has 108 valence electrons. The predicted molar refractivity (Wildman–Crippen MR) is 89.5 cm³/mol. The van der Waals surface area contributed by atoms with Gasteiger partial charge in [-0.15, -0.1) is 0 Å². The summed E-state index contributed by atoms with van der Waals surface area (Å²) in [5.74, 6) is 0. The first-order valence-electron chi connectivity index (χ1n) is 7.62. The first-order chi connectivity index (χ1) is 9.77. The van der Waals surface area contributed by atoms with Crippen molar-refractivity contribution < 1.29 is 0 Å². The summed E-state index contributed by atoms with van der Waals surface area (Å²) < 4.78 is 0. The average Bonchev–Trinajstić information content (AvgIpc) is 2.49. The zero-order valence-corrected chi connectivity index (χ0v) is 13.2. The molecule has 0 bridgehead atoms. The molecule has 2 heteroatoms. The molecule has 1 nitrogen and oxygen atoms in total. The molecule has 0 spiro atoms. The van der Waals surface area contributed by atoms with Gasteiger partial charge in [0.2, 0.25) is 0 Å². The van der Waals surface area contributed by atoms with E-state index >= 15 is 0 Å². The van der Waals surface area contributed by atoms with Crippen molar-refractivity contribution in [2.75, 3.05) is 7.05 Å². The number of fused-ring (bicyclic) bond motifs is 1. The summed E-state index contributed by atoms with van der Waals surface area (Å²) in [6, 6.07) is 13.0. The molecule has 0 saturated carbocycles. The minimum atomic E-state index is 0.411. The van der Waals surface area contributed by atoms with Gasteiger partial charge in [-0.05, 0) is 30.5 Å². The van der Waals surface area contributed by atoms with Gasteiger partial charge in [0, 0.05) is 16.5 Å². The van der Waals surface area contributed by atoms with Gasteiger partial charge in [0.15, 0.2) is 0 Å². The maximum atomic E-state index is 6.30. The van der Waals surface area contributed by atoms with E-state index in [4.69, 9.17) is 11.6 Å². The molecule has 0 aliphatic rings. The molecule has 1 N–H and O–H groups in total. The van der Waals surface area contributed by atoms with Crippen LogP contribution in [0.2, 0.25) is 5.02 Å². The van der Waals surface area contributed by atoms with Gasteiger partial charge in [-0.25, -0.2) is 0 Å². The number of unbranched alkanes of at least 4 members (excludes halogenated alkanes) is 3. The molecule has 0 saturated heterocycles. The Bertz CT molecular complexity index is 550. The van der Waals surface area contributed by atoms with Crippen LogP contribution in [0, 0.1) is 0 Å². The summed E-state index contributed by atoms with van der Waals surface area (Å²) in [4.78, 5) is 0. The Balaban J connectivity index is 2.23. The Kier molecular flexibility index (Phi) is 5.87. The van der Waals surface area contributed by atoms with E-state index in [1.54, 1.807) is 0 Å². The zero-order chi connectivity index (χ0) is 14.4. The second-order valence-electron chi connectivity index (χ2n) is 5.37. The highest BCUT2D eigenvalue weighted by Gasteiger charge is 2.13. The van der Waals surface area contributed by atoms with Crippen molar-refractivity contribution >= 4 is 22.4 Å². The van der Waals surface area contributed by atoms with E-state index in [-0.39, 0.29) is 0 Å². The van der Waals surface area contributed by atoms with Crippen molar-refractivity contribution in [3.63, 3.8) is 0 Å². The zero-order valence-electron chi connectivity index (χ0n) is 12.5. The highest BCUT2D eigenvalue weighted by atomic mass is 35.5. The third-order valence-electron chi connectivity index (χ3n) is 3.97. The van der Waals surface area contributed by atoms with Crippen LogP contribution in [-0.4, -0.2) is 7.05 Å². The molecule has 0 heterocycles. The van der Waals surface area contributed by atoms with Crippen LogP contribution < -0.4 is 5.32 Å². The molecule has 0 aliphatic heterocycles. The van der Waals surface area contributed by atoms with Crippen LogP contribution in [0.25, 0.3) is 10.8 Å². The number of benzene rings is 2. The fourth-order valence-corrected chi connectivity index (χ4v) is 3.05. The number of nitrogens with one attached hydrogen (secondary N) is 1. The van der Waals surface area contributed by atoms with Gasteiger partial charge in [-0.3, -0.25) is 0 Å². The molecule has 0 radical (unpaired) electrons. The molecule has 0 aliphatic carbocycles. The molecule has 2 aromatic carbocycles. The highest BCUT2D eigenvalue weighted by Crippen LogP contribution is 2.31. The second kappa shape index (κ2) is 7.66. The number of halogens is 1. The van der Waals surface area contributed by atoms with E-state index in [1.165, 1.54) is 43.1 Å². The molecule has 1 atom stereocenters. The molecule has 20 heavy (non-hydrogen) atoms. The summed E-state index contributed by atoms with van der Waals surface area (Å²) in [5.41, 5.74) is 1.36. The minimum absolute atomic E-state index is 0.411. The SMILES string of the molecule is CCCCCCC(NC)c1ccc(Cl)c2ccccc12. The van der Waals surface area contributed by atoms with Crippen LogP contribution in [0.4, 0.5) is 0 Å². The normalized spacial score (nSPS) is 12.8. The van der Waals surface area contributed by atoms with E-state index in [0.717, 1.165) is 10.4 Å². The summed E-state index contributed by atoms with van der Waals surface area (Å²) >= 11 is 6.30. The highest BCUT2D eigenvalue weighted by molar-refractivity contribution is 6.35. The lowest BCUT2D eigenvalue weighted by Crippen LogP contribution is -2.16. The molecule has 0 fully saturated rings. The molecule has 2 rings (SSSR count). The van der Waals surface area contributed by atoms with Crippen molar-refractivity contribution in [1.29, 1.82) is 0 Å². The van der Waals surface area contributed by atoms with Gasteiger partial charge in [0.1, 0.15) is 0 Å². The summed E-state index contributed by atoms with van der Waals surface area (Å²) in [6.45, 7) is 2.25. The van der Waals surface area contributed by atoms with Crippen LogP contribution >= 0.6 is 11.6 Å². The predicted octanol–water partition coefficient (Wildman–Crippen LogP) is 5.72. The Hall–Kier alpha value is -1.05. The number of hydrogen-bond donors (Lipinski definition) is 1. The Morgan fingerprint density at radius 1 is 1.00 bits per heavy atom. The lowest BCUT2D eigenvalue weighted by molar-refractivity contribution is 0.508. The third kappa shape index (κ3) is 3.53. The molecule has 0 amide bonds. The molecular weight excluding hydrogens is 266 g/mol. The van der Waals surface area contributed by atoms with E-state index in [9.17, 15) is 0 Å². The molecule has 0 aromatic heterocycles. The van der Waals surface area contributed by atoms with Crippen LogP contribution in [0.1, 0.15) is 50.6 Å².